The molecule has 0 aliphatic rings. The minimum atomic E-state index is -4.67. The van der Waals surface area contributed by atoms with Gasteiger partial charge in [-0.15, -0.1) is 13.2 Å². The van der Waals surface area contributed by atoms with Gasteiger partial charge in [0, 0.05) is 5.56 Å². The van der Waals surface area contributed by atoms with Gasteiger partial charge in [-0.1, -0.05) is 43.3 Å². The van der Waals surface area contributed by atoms with Crippen molar-refractivity contribution in [2.45, 2.75) is 32.5 Å². The number of hydrogen-bond acceptors (Lipinski definition) is 4. The summed E-state index contributed by atoms with van der Waals surface area (Å²) >= 11 is 0. The summed E-state index contributed by atoms with van der Waals surface area (Å²) in [6.07, 6.45) is 1.07. The second-order valence-electron chi connectivity index (χ2n) is 6.48. The monoisotopic (exact) mass is 402 g/mol. The third-order valence-electron chi connectivity index (χ3n) is 4.17. The van der Waals surface area contributed by atoms with Gasteiger partial charge in [-0.25, -0.2) is 9.97 Å². The SMILES string of the molecule is CCCOc1cnc(-c2ccc(CCc3ccc(OC(F)(F)F)cc3)cc2)nc1. The summed E-state index contributed by atoms with van der Waals surface area (Å²) in [5.41, 5.74) is 2.96. The van der Waals surface area contributed by atoms with Crippen LogP contribution in [-0.2, 0) is 12.8 Å². The van der Waals surface area contributed by atoms with Crippen molar-refractivity contribution in [2.75, 3.05) is 6.61 Å². The minimum absolute atomic E-state index is 0.211. The highest BCUT2D eigenvalue weighted by Gasteiger charge is 2.30. The van der Waals surface area contributed by atoms with Crippen molar-refractivity contribution < 1.29 is 22.6 Å². The molecule has 29 heavy (non-hydrogen) atoms. The van der Waals surface area contributed by atoms with Gasteiger partial charge in [0.2, 0.25) is 0 Å². The fourth-order valence-corrected chi connectivity index (χ4v) is 2.73. The van der Waals surface area contributed by atoms with Gasteiger partial charge in [-0.2, -0.15) is 0 Å². The number of nitrogens with zero attached hydrogens (tertiary/aromatic N) is 2. The highest BCUT2D eigenvalue weighted by Crippen LogP contribution is 2.23. The Balaban J connectivity index is 1.55. The first-order valence-electron chi connectivity index (χ1n) is 9.32. The van der Waals surface area contributed by atoms with Crippen LogP contribution < -0.4 is 9.47 Å². The van der Waals surface area contributed by atoms with E-state index in [4.69, 9.17) is 4.74 Å². The van der Waals surface area contributed by atoms with E-state index < -0.39 is 6.36 Å². The Morgan fingerprint density at radius 3 is 1.86 bits per heavy atom. The average molecular weight is 402 g/mol. The lowest BCUT2D eigenvalue weighted by molar-refractivity contribution is -0.274. The smallest absolute Gasteiger partial charge is 0.490 e. The van der Waals surface area contributed by atoms with Crippen molar-refractivity contribution in [3.63, 3.8) is 0 Å². The van der Waals surface area contributed by atoms with Crippen LogP contribution in [0.4, 0.5) is 13.2 Å². The van der Waals surface area contributed by atoms with E-state index in [0.29, 0.717) is 24.6 Å². The molecule has 2 aromatic carbocycles. The van der Waals surface area contributed by atoms with Gasteiger partial charge < -0.3 is 9.47 Å². The summed E-state index contributed by atoms with van der Waals surface area (Å²) in [6, 6.07) is 13.9. The van der Waals surface area contributed by atoms with Crippen LogP contribution in [0.1, 0.15) is 24.5 Å². The molecule has 0 bridgehead atoms. The first kappa shape index (κ1) is 20.6. The van der Waals surface area contributed by atoms with E-state index in [2.05, 4.69) is 14.7 Å². The van der Waals surface area contributed by atoms with Crippen LogP contribution >= 0.6 is 0 Å². The maximum Gasteiger partial charge on any atom is 0.573 e. The van der Waals surface area contributed by atoms with Gasteiger partial charge in [-0.05, 0) is 42.5 Å². The molecule has 4 nitrogen and oxygen atoms in total. The largest absolute Gasteiger partial charge is 0.573 e. The molecule has 0 amide bonds. The summed E-state index contributed by atoms with van der Waals surface area (Å²) in [7, 11) is 0. The lowest BCUT2D eigenvalue weighted by Crippen LogP contribution is -2.17. The van der Waals surface area contributed by atoms with E-state index in [1.165, 1.54) is 12.1 Å². The molecule has 7 heteroatoms. The number of aromatic nitrogens is 2. The summed E-state index contributed by atoms with van der Waals surface area (Å²) in [5, 5.41) is 0. The van der Waals surface area contributed by atoms with Crippen LogP contribution in [0.2, 0.25) is 0 Å². The quantitative estimate of drug-likeness (QED) is 0.491. The lowest BCUT2D eigenvalue weighted by atomic mass is 10.0. The van der Waals surface area contributed by atoms with Crippen molar-refractivity contribution in [3.8, 4) is 22.9 Å². The van der Waals surface area contributed by atoms with Crippen LogP contribution in [0.5, 0.6) is 11.5 Å². The third-order valence-corrected chi connectivity index (χ3v) is 4.17. The Morgan fingerprint density at radius 2 is 1.34 bits per heavy atom. The highest BCUT2D eigenvalue weighted by molar-refractivity contribution is 5.55. The van der Waals surface area contributed by atoms with Crippen LogP contribution in [0.15, 0.2) is 60.9 Å². The standard InChI is InChI=1S/C22H21F3N2O2/c1-2-13-28-20-14-26-21(27-15-20)18-9-5-16(6-10-18)3-4-17-7-11-19(12-8-17)29-22(23,24)25/h5-12,14-15H,2-4,13H2,1H3. The molecule has 0 unspecified atom stereocenters. The Hall–Kier alpha value is -3.09. The van der Waals surface area contributed by atoms with Crippen LogP contribution in [-0.4, -0.2) is 22.9 Å². The molecule has 0 aliphatic carbocycles. The molecular formula is C22H21F3N2O2. The third kappa shape index (κ3) is 6.48. The minimum Gasteiger partial charge on any atom is -0.490 e. The molecule has 3 aromatic rings. The fraction of sp³-hybridized carbons (Fsp3) is 0.273. The second-order valence-corrected chi connectivity index (χ2v) is 6.48. The summed E-state index contributed by atoms with van der Waals surface area (Å²) < 4.78 is 46.0. The molecule has 0 fully saturated rings. The van der Waals surface area contributed by atoms with Crippen molar-refractivity contribution in [2.24, 2.45) is 0 Å². The predicted octanol–water partition coefficient (Wildman–Crippen LogP) is 5.62. The molecule has 0 aliphatic heterocycles. The van der Waals surface area contributed by atoms with Gasteiger partial charge in [0.05, 0.1) is 19.0 Å². The second kappa shape index (κ2) is 9.41. The van der Waals surface area contributed by atoms with Crippen LogP contribution in [0.3, 0.4) is 0 Å². The summed E-state index contributed by atoms with van der Waals surface area (Å²) in [5.74, 6) is 1.07. The van der Waals surface area contributed by atoms with Gasteiger partial charge in [-0.3, -0.25) is 0 Å². The molecule has 0 atom stereocenters. The number of hydrogen-bond donors (Lipinski definition) is 0. The van der Waals surface area contributed by atoms with E-state index in [-0.39, 0.29) is 5.75 Å². The van der Waals surface area contributed by atoms with Crippen LogP contribution in [0.25, 0.3) is 11.4 Å². The number of aryl methyl sites for hydroxylation is 2. The van der Waals surface area contributed by atoms with Crippen LogP contribution in [0, 0.1) is 0 Å². The van der Waals surface area contributed by atoms with Gasteiger partial charge >= 0.3 is 6.36 Å². The fourth-order valence-electron chi connectivity index (χ4n) is 2.73. The Labute approximate surface area is 167 Å². The first-order chi connectivity index (χ1) is 13.9. The number of halogens is 3. The molecule has 1 heterocycles. The van der Waals surface area contributed by atoms with E-state index >= 15 is 0 Å². The van der Waals surface area contributed by atoms with E-state index in [9.17, 15) is 13.2 Å². The van der Waals surface area contributed by atoms with E-state index in [1.807, 2.05) is 31.2 Å². The number of rotatable bonds is 8. The maximum absolute atomic E-state index is 12.2. The number of ether oxygens (including phenoxy) is 2. The average Bonchev–Trinajstić information content (AvgIpc) is 2.71. The molecule has 0 saturated heterocycles. The van der Waals surface area contributed by atoms with Crippen molar-refractivity contribution in [1.82, 2.24) is 9.97 Å². The van der Waals surface area contributed by atoms with Crippen molar-refractivity contribution >= 4 is 0 Å². The summed E-state index contributed by atoms with van der Waals surface area (Å²) in [4.78, 5) is 8.66. The Morgan fingerprint density at radius 1 is 0.793 bits per heavy atom. The molecule has 0 saturated carbocycles. The molecule has 0 spiro atoms. The van der Waals surface area contributed by atoms with Gasteiger partial charge in [0.15, 0.2) is 11.6 Å². The first-order valence-corrected chi connectivity index (χ1v) is 9.32. The Kier molecular flexibility index (Phi) is 6.69. The normalized spacial score (nSPS) is 11.3. The lowest BCUT2D eigenvalue weighted by Gasteiger charge is -2.09. The molecule has 0 N–H and O–H groups in total. The van der Waals surface area contributed by atoms with Gasteiger partial charge in [0.1, 0.15) is 5.75 Å². The zero-order chi connectivity index (χ0) is 20.7. The van der Waals surface area contributed by atoms with Crippen molar-refractivity contribution in [3.05, 3.63) is 72.1 Å². The molecular weight excluding hydrogens is 381 g/mol. The Bertz CT molecular complexity index is 893. The van der Waals surface area contributed by atoms with E-state index in [0.717, 1.165) is 29.5 Å². The summed E-state index contributed by atoms with van der Waals surface area (Å²) in [6.45, 7) is 2.67. The molecule has 1 aromatic heterocycles. The highest BCUT2D eigenvalue weighted by atomic mass is 19.4. The number of alkyl halides is 3. The van der Waals surface area contributed by atoms with E-state index in [1.54, 1.807) is 24.5 Å². The molecule has 0 radical (unpaired) electrons. The maximum atomic E-state index is 12.2. The predicted molar refractivity (Wildman–Crippen MR) is 104 cm³/mol. The topological polar surface area (TPSA) is 44.2 Å². The van der Waals surface area contributed by atoms with Gasteiger partial charge in [0.25, 0.3) is 0 Å². The number of benzene rings is 2. The molecule has 3 rings (SSSR count). The zero-order valence-corrected chi connectivity index (χ0v) is 15.9. The zero-order valence-electron chi connectivity index (χ0n) is 15.9. The molecule has 152 valence electrons. The van der Waals surface area contributed by atoms with Crippen molar-refractivity contribution in [1.29, 1.82) is 0 Å².